The van der Waals surface area contributed by atoms with E-state index in [2.05, 4.69) is 40.4 Å². The van der Waals surface area contributed by atoms with Gasteiger partial charge in [-0.1, -0.05) is 17.7 Å². The largest absolute Gasteiger partial charge is 0.338 e. The summed E-state index contributed by atoms with van der Waals surface area (Å²) >= 11 is 6.35. The van der Waals surface area contributed by atoms with Crippen LogP contribution in [0.3, 0.4) is 0 Å². The topological polar surface area (TPSA) is 69.1 Å². The molecule has 1 atom stereocenters. The van der Waals surface area contributed by atoms with Crippen molar-refractivity contribution in [2.75, 3.05) is 13.1 Å². The summed E-state index contributed by atoms with van der Waals surface area (Å²) in [7, 11) is 2.07. The number of hydrogen-bond acceptors (Lipinski definition) is 3. The Balaban J connectivity index is 1.49. The lowest BCUT2D eigenvalue weighted by Crippen LogP contribution is -2.43. The van der Waals surface area contributed by atoms with Crippen LogP contribution in [0, 0.1) is 5.92 Å². The molecular formula is C26H28ClN5O. The molecule has 1 fully saturated rings. The number of nitrogens with two attached hydrogens (primary N) is 1. The molecule has 7 heteroatoms. The van der Waals surface area contributed by atoms with E-state index >= 15 is 0 Å². The van der Waals surface area contributed by atoms with E-state index in [1.165, 1.54) is 18.2 Å². The van der Waals surface area contributed by atoms with Crippen LogP contribution in [-0.4, -0.2) is 44.1 Å². The predicted octanol–water partition coefficient (Wildman–Crippen LogP) is 4.60. The fourth-order valence-electron chi connectivity index (χ4n) is 5.13. The maximum Gasteiger partial charge on any atom is 0.254 e. The van der Waals surface area contributed by atoms with E-state index in [9.17, 15) is 4.79 Å². The zero-order valence-electron chi connectivity index (χ0n) is 19.0. The van der Waals surface area contributed by atoms with Crippen molar-refractivity contribution < 1.29 is 4.79 Å². The lowest BCUT2D eigenvalue weighted by Gasteiger charge is -2.29. The molecule has 1 aliphatic carbocycles. The Morgan fingerprint density at radius 2 is 2.00 bits per heavy atom. The summed E-state index contributed by atoms with van der Waals surface area (Å²) in [6.07, 6.45) is 3.38. The van der Waals surface area contributed by atoms with Crippen LogP contribution in [0.4, 0.5) is 0 Å². The van der Waals surface area contributed by atoms with Gasteiger partial charge in [0.2, 0.25) is 0 Å². The fourth-order valence-corrected chi connectivity index (χ4v) is 5.30. The van der Waals surface area contributed by atoms with E-state index in [0.29, 0.717) is 19.0 Å². The molecule has 1 saturated carbocycles. The monoisotopic (exact) mass is 461 g/mol. The first-order valence-corrected chi connectivity index (χ1v) is 12.1. The van der Waals surface area contributed by atoms with Crippen molar-refractivity contribution in [1.29, 1.82) is 0 Å². The summed E-state index contributed by atoms with van der Waals surface area (Å²) in [5.41, 5.74) is 12.0. The third kappa shape index (κ3) is 3.52. The van der Waals surface area contributed by atoms with Gasteiger partial charge in [-0.2, -0.15) is 0 Å². The second-order valence-electron chi connectivity index (χ2n) is 9.76. The Labute approximate surface area is 197 Å². The highest BCUT2D eigenvalue weighted by Gasteiger charge is 2.28. The fraction of sp³-hybridized carbons (Fsp3) is 0.385. The number of aromatic nitrogens is 3. The maximum atomic E-state index is 13.1. The molecule has 0 unspecified atom stereocenters. The Kier molecular flexibility index (Phi) is 4.78. The molecule has 6 nitrogen and oxygen atoms in total. The summed E-state index contributed by atoms with van der Waals surface area (Å²) in [5, 5.41) is 1.92. The second kappa shape index (κ2) is 7.61. The third-order valence-electron chi connectivity index (χ3n) is 7.02. The van der Waals surface area contributed by atoms with Crippen molar-refractivity contribution in [2.24, 2.45) is 18.7 Å². The van der Waals surface area contributed by atoms with E-state index in [1.54, 1.807) is 0 Å². The first-order valence-electron chi connectivity index (χ1n) is 11.7. The Morgan fingerprint density at radius 1 is 1.18 bits per heavy atom. The molecule has 2 aromatic heterocycles. The first-order chi connectivity index (χ1) is 15.9. The average molecular weight is 462 g/mol. The summed E-state index contributed by atoms with van der Waals surface area (Å²) in [6.45, 7) is 4.20. The summed E-state index contributed by atoms with van der Waals surface area (Å²) < 4.78 is 4.53. The number of amides is 1. The molecule has 0 radical (unpaired) electrons. The molecule has 2 N–H and O–H groups in total. The zero-order chi connectivity index (χ0) is 22.9. The molecule has 2 aromatic carbocycles. The summed E-state index contributed by atoms with van der Waals surface area (Å²) in [5.74, 6) is 1.69. The number of carbonyl (C=O) groups excluding carboxylic acids is 1. The summed E-state index contributed by atoms with van der Waals surface area (Å²) in [6, 6.07) is 12.4. The van der Waals surface area contributed by atoms with Crippen molar-refractivity contribution in [2.45, 2.75) is 38.8 Å². The van der Waals surface area contributed by atoms with Gasteiger partial charge in [0.15, 0.2) is 5.82 Å². The lowest BCUT2D eigenvalue weighted by molar-refractivity contribution is 0.0732. The molecule has 170 valence electrons. The maximum absolute atomic E-state index is 13.1. The van der Waals surface area contributed by atoms with E-state index < -0.39 is 0 Å². The minimum absolute atomic E-state index is 0.0393. The van der Waals surface area contributed by atoms with Gasteiger partial charge in [-0.15, -0.1) is 0 Å². The van der Waals surface area contributed by atoms with Gasteiger partial charge in [-0.25, -0.2) is 4.98 Å². The van der Waals surface area contributed by atoms with Crippen molar-refractivity contribution in [1.82, 2.24) is 19.0 Å². The van der Waals surface area contributed by atoms with E-state index in [0.717, 1.165) is 57.2 Å². The summed E-state index contributed by atoms with van der Waals surface area (Å²) in [4.78, 5) is 20.0. The molecule has 4 aromatic rings. The van der Waals surface area contributed by atoms with Crippen LogP contribution < -0.4 is 5.73 Å². The van der Waals surface area contributed by atoms with Crippen LogP contribution >= 0.6 is 11.6 Å². The number of halogens is 1. The zero-order valence-corrected chi connectivity index (χ0v) is 19.8. The van der Waals surface area contributed by atoms with Gasteiger partial charge in [0.05, 0.1) is 22.2 Å². The van der Waals surface area contributed by atoms with E-state index in [-0.39, 0.29) is 11.9 Å². The molecule has 33 heavy (non-hydrogen) atoms. The van der Waals surface area contributed by atoms with Gasteiger partial charge in [0, 0.05) is 48.7 Å². The second-order valence-corrected chi connectivity index (χ2v) is 10.2. The van der Waals surface area contributed by atoms with E-state index in [4.69, 9.17) is 22.3 Å². The van der Waals surface area contributed by atoms with Crippen molar-refractivity contribution in [3.63, 3.8) is 0 Å². The predicted molar refractivity (Wildman–Crippen MR) is 133 cm³/mol. The number of hydrogen-bond donors (Lipinski definition) is 1. The van der Waals surface area contributed by atoms with Gasteiger partial charge < -0.3 is 19.8 Å². The number of rotatable bonds is 5. The highest BCUT2D eigenvalue weighted by Crippen LogP contribution is 2.37. The molecule has 2 aliphatic rings. The quantitative estimate of drug-likeness (QED) is 0.472. The number of carbonyl (C=O) groups is 1. The number of fused-ring (bicyclic) bond motifs is 3. The minimum Gasteiger partial charge on any atom is -0.338 e. The molecule has 1 amide bonds. The highest BCUT2D eigenvalue weighted by molar-refractivity contribution is 6.31. The standard InChI is InChI=1S/C26H28ClN5O/c1-15(28)13-31-8-7-17-9-23-21(12-20(17)26(31)33)29-25(30(23)2)24-10-18-5-6-19(27)11-22(18)32(24)14-16-3-4-16/h5-6,9-12,15-16H,3-4,7-8,13-14,28H2,1-2H3/t15-/m1/s1. The van der Waals surface area contributed by atoms with Crippen molar-refractivity contribution in [3.05, 3.63) is 52.5 Å². The van der Waals surface area contributed by atoms with Crippen LogP contribution in [-0.2, 0) is 20.0 Å². The smallest absolute Gasteiger partial charge is 0.254 e. The average Bonchev–Trinajstić information content (AvgIpc) is 3.46. The van der Waals surface area contributed by atoms with Gasteiger partial charge in [0.25, 0.3) is 5.91 Å². The molecule has 0 spiro atoms. The van der Waals surface area contributed by atoms with Crippen molar-refractivity contribution in [3.8, 4) is 11.5 Å². The lowest BCUT2D eigenvalue weighted by atomic mass is 9.97. The van der Waals surface area contributed by atoms with Crippen LogP contribution in [0.5, 0.6) is 0 Å². The molecule has 1 aliphatic heterocycles. The molecule has 0 bridgehead atoms. The van der Waals surface area contributed by atoms with Crippen LogP contribution in [0.15, 0.2) is 36.4 Å². The Hall–Kier alpha value is -2.83. The Bertz CT molecular complexity index is 1410. The SMILES string of the molecule is C[C@@H](N)CN1CCc2cc3c(cc2C1=O)nc(-c1cc2ccc(Cl)cc2n1CC1CC1)n3C. The molecule has 3 heterocycles. The van der Waals surface area contributed by atoms with Gasteiger partial charge in [-0.3, -0.25) is 4.79 Å². The molecule has 0 saturated heterocycles. The number of aryl methyl sites for hydroxylation is 1. The van der Waals surface area contributed by atoms with Crippen LogP contribution in [0.2, 0.25) is 5.02 Å². The highest BCUT2D eigenvalue weighted by atomic mass is 35.5. The van der Waals surface area contributed by atoms with Gasteiger partial charge >= 0.3 is 0 Å². The molecular weight excluding hydrogens is 434 g/mol. The number of imidazole rings is 1. The molecule has 6 rings (SSSR count). The van der Waals surface area contributed by atoms with Gasteiger partial charge in [-0.05, 0) is 68.0 Å². The van der Waals surface area contributed by atoms with E-state index in [1.807, 2.05) is 24.0 Å². The van der Waals surface area contributed by atoms with Crippen LogP contribution in [0.1, 0.15) is 35.7 Å². The normalized spacial score (nSPS) is 17.2. The van der Waals surface area contributed by atoms with Crippen molar-refractivity contribution >= 4 is 39.4 Å². The minimum atomic E-state index is -0.0393. The van der Waals surface area contributed by atoms with Gasteiger partial charge in [0.1, 0.15) is 0 Å². The Morgan fingerprint density at radius 3 is 2.76 bits per heavy atom. The first kappa shape index (κ1) is 20.8. The number of benzene rings is 2. The third-order valence-corrected chi connectivity index (χ3v) is 7.25. The number of nitrogens with zero attached hydrogens (tertiary/aromatic N) is 4. The van der Waals surface area contributed by atoms with Crippen LogP contribution in [0.25, 0.3) is 33.5 Å².